The molecule has 0 saturated carbocycles. The van der Waals surface area contributed by atoms with Crippen molar-refractivity contribution in [3.8, 4) is 5.75 Å². The molecule has 1 aliphatic heterocycles. The number of piperidine rings is 1. The number of nitrogens with zero attached hydrogens (tertiary/aromatic N) is 3. The number of halogens is 1. The molecular weight excluding hydrogens is 520 g/mol. The predicted octanol–water partition coefficient (Wildman–Crippen LogP) is 5.18. The number of anilines is 1. The fraction of sp³-hybridized carbons (Fsp3) is 0.240. The summed E-state index contributed by atoms with van der Waals surface area (Å²) < 4.78 is 27.6. The zero-order chi connectivity index (χ0) is 25.4. The molecule has 0 spiro atoms. The van der Waals surface area contributed by atoms with Crippen LogP contribution in [0.25, 0.3) is 10.9 Å². The van der Waals surface area contributed by atoms with Gasteiger partial charge in [0.15, 0.2) is 0 Å². The lowest BCUT2D eigenvalue weighted by Gasteiger charge is -2.30. The van der Waals surface area contributed by atoms with E-state index in [1.807, 2.05) is 6.92 Å². The van der Waals surface area contributed by atoms with E-state index in [0.717, 1.165) is 10.6 Å². The molecule has 1 amide bonds. The fourth-order valence-corrected chi connectivity index (χ4v) is 6.97. The minimum absolute atomic E-state index is 0.0402. The summed E-state index contributed by atoms with van der Waals surface area (Å²) in [5.41, 5.74) is 2.06. The molecule has 0 unspecified atom stereocenters. The molecule has 36 heavy (non-hydrogen) atoms. The summed E-state index contributed by atoms with van der Waals surface area (Å²) in [5, 5.41) is 16.5. The Labute approximate surface area is 217 Å². The first-order valence-electron chi connectivity index (χ1n) is 11.3. The van der Waals surface area contributed by atoms with Gasteiger partial charge in [0.25, 0.3) is 5.91 Å². The number of phenolic OH excluding ortho intramolecular Hbond substituents is 1. The third-order valence-corrected chi connectivity index (χ3v) is 9.64. The topological polar surface area (TPSA) is 112 Å². The van der Waals surface area contributed by atoms with Crippen molar-refractivity contribution in [1.82, 2.24) is 14.3 Å². The Kier molecular flexibility index (Phi) is 6.69. The van der Waals surface area contributed by atoms with Gasteiger partial charge in [0, 0.05) is 41.0 Å². The summed E-state index contributed by atoms with van der Waals surface area (Å²) in [6.07, 6.45) is 2.80. The molecule has 1 fully saturated rings. The zero-order valence-corrected chi connectivity index (χ0v) is 21.7. The van der Waals surface area contributed by atoms with Gasteiger partial charge in [-0.2, -0.15) is 4.31 Å². The quantitative estimate of drug-likeness (QED) is 0.336. The van der Waals surface area contributed by atoms with Crippen LogP contribution in [0.3, 0.4) is 0 Å². The van der Waals surface area contributed by atoms with E-state index >= 15 is 0 Å². The van der Waals surface area contributed by atoms with Gasteiger partial charge in [-0.3, -0.25) is 9.78 Å². The largest absolute Gasteiger partial charge is 0.506 e. The van der Waals surface area contributed by atoms with Crippen LogP contribution in [-0.2, 0) is 10.0 Å². The average molecular weight is 543 g/mol. The van der Waals surface area contributed by atoms with Gasteiger partial charge in [-0.05, 0) is 61.7 Å². The van der Waals surface area contributed by atoms with E-state index in [1.54, 1.807) is 41.9 Å². The summed E-state index contributed by atoms with van der Waals surface area (Å²) in [5.74, 6) is -0.244. The summed E-state index contributed by atoms with van der Waals surface area (Å²) in [6, 6.07) is 11.4. The second kappa shape index (κ2) is 9.78. The number of hydrogen-bond acceptors (Lipinski definition) is 7. The summed E-state index contributed by atoms with van der Waals surface area (Å²) in [6.45, 7) is 2.56. The van der Waals surface area contributed by atoms with Crippen molar-refractivity contribution >= 4 is 55.5 Å². The molecule has 1 saturated heterocycles. The monoisotopic (exact) mass is 542 g/mol. The van der Waals surface area contributed by atoms with Crippen LogP contribution in [-0.4, -0.2) is 46.8 Å². The molecule has 0 atom stereocenters. The number of amides is 1. The molecule has 4 aromatic rings. The SMILES string of the molecule is Cc1ccc(S(=O)(=O)N2CCC(c3nc(C(=O)Nc4ccc(O)c5ncccc45)cs3)CC2)cc1Cl. The van der Waals surface area contributed by atoms with Crippen LogP contribution in [0, 0.1) is 6.92 Å². The number of phenols is 1. The highest BCUT2D eigenvalue weighted by molar-refractivity contribution is 7.89. The number of sulfonamides is 1. The Morgan fingerprint density at radius 1 is 1.19 bits per heavy atom. The Hall–Kier alpha value is -3.05. The number of pyridine rings is 1. The Bertz CT molecular complexity index is 1560. The van der Waals surface area contributed by atoms with Crippen molar-refractivity contribution in [2.24, 2.45) is 0 Å². The highest BCUT2D eigenvalue weighted by Crippen LogP contribution is 2.34. The molecule has 2 N–H and O–H groups in total. The van der Waals surface area contributed by atoms with Crippen LogP contribution < -0.4 is 5.32 Å². The Morgan fingerprint density at radius 2 is 1.97 bits per heavy atom. The maximum atomic E-state index is 13.1. The van der Waals surface area contributed by atoms with Crippen LogP contribution in [0.5, 0.6) is 5.75 Å². The van der Waals surface area contributed by atoms with Crippen molar-refractivity contribution < 1.29 is 18.3 Å². The van der Waals surface area contributed by atoms with Crippen molar-refractivity contribution in [2.45, 2.75) is 30.6 Å². The average Bonchev–Trinajstić information content (AvgIpc) is 3.38. The second-order valence-corrected chi connectivity index (χ2v) is 11.9. The van der Waals surface area contributed by atoms with E-state index in [1.165, 1.54) is 27.8 Å². The molecule has 2 aromatic heterocycles. The number of fused-ring (bicyclic) bond motifs is 1. The molecule has 0 radical (unpaired) electrons. The van der Waals surface area contributed by atoms with E-state index in [2.05, 4.69) is 15.3 Å². The van der Waals surface area contributed by atoms with E-state index in [4.69, 9.17) is 11.6 Å². The summed E-state index contributed by atoms with van der Waals surface area (Å²) >= 11 is 7.54. The van der Waals surface area contributed by atoms with Crippen molar-refractivity contribution in [3.05, 3.63) is 75.3 Å². The molecule has 3 heterocycles. The van der Waals surface area contributed by atoms with Gasteiger partial charge in [-0.25, -0.2) is 13.4 Å². The molecule has 5 rings (SSSR count). The lowest BCUT2D eigenvalue weighted by Crippen LogP contribution is -2.37. The van der Waals surface area contributed by atoms with Crippen molar-refractivity contribution in [3.63, 3.8) is 0 Å². The maximum absolute atomic E-state index is 13.1. The number of rotatable bonds is 5. The highest BCUT2D eigenvalue weighted by Gasteiger charge is 2.31. The fourth-order valence-electron chi connectivity index (χ4n) is 4.26. The summed E-state index contributed by atoms with van der Waals surface area (Å²) in [7, 11) is -3.63. The normalized spacial score (nSPS) is 15.3. The smallest absolute Gasteiger partial charge is 0.275 e. The van der Waals surface area contributed by atoms with E-state index in [9.17, 15) is 18.3 Å². The van der Waals surface area contributed by atoms with Crippen LogP contribution >= 0.6 is 22.9 Å². The Morgan fingerprint density at radius 3 is 2.72 bits per heavy atom. The van der Waals surface area contributed by atoms with E-state index < -0.39 is 10.0 Å². The lowest BCUT2D eigenvalue weighted by atomic mass is 9.99. The molecule has 11 heteroatoms. The molecule has 8 nitrogen and oxygen atoms in total. The van der Waals surface area contributed by atoms with Crippen LogP contribution in [0.15, 0.2) is 58.9 Å². The number of thiazole rings is 1. The Balaban J connectivity index is 1.26. The summed E-state index contributed by atoms with van der Waals surface area (Å²) in [4.78, 5) is 21.8. The third kappa shape index (κ3) is 4.69. The van der Waals surface area contributed by atoms with Gasteiger partial charge in [0.05, 0.1) is 15.6 Å². The maximum Gasteiger partial charge on any atom is 0.275 e. The van der Waals surface area contributed by atoms with Crippen molar-refractivity contribution in [1.29, 1.82) is 0 Å². The first-order valence-corrected chi connectivity index (χ1v) is 14.0. The second-order valence-electron chi connectivity index (χ2n) is 8.65. The molecule has 0 aliphatic carbocycles. The minimum Gasteiger partial charge on any atom is -0.506 e. The van der Waals surface area contributed by atoms with Crippen LogP contribution in [0.2, 0.25) is 5.02 Å². The zero-order valence-electron chi connectivity index (χ0n) is 19.3. The number of nitrogens with one attached hydrogen (secondary N) is 1. The van der Waals surface area contributed by atoms with Crippen molar-refractivity contribution in [2.75, 3.05) is 18.4 Å². The predicted molar refractivity (Wildman–Crippen MR) is 140 cm³/mol. The number of carbonyl (C=O) groups is 1. The van der Waals surface area contributed by atoms with E-state index in [-0.39, 0.29) is 22.5 Å². The minimum atomic E-state index is -3.63. The standard InChI is InChI=1S/C25H23ClN4O4S2/c1-15-4-5-17(13-19(15)26)36(33,34)30-11-8-16(9-12-30)25-29-21(14-35-25)24(32)28-20-6-7-22(31)23-18(20)3-2-10-27-23/h2-7,10,13-14,16,31H,8-9,11-12H2,1H3,(H,28,32). The van der Waals surface area contributed by atoms with Gasteiger partial charge < -0.3 is 10.4 Å². The molecular formula is C25H23ClN4O4S2. The number of benzene rings is 2. The third-order valence-electron chi connectivity index (χ3n) is 6.34. The number of aromatic hydroxyl groups is 1. The lowest BCUT2D eigenvalue weighted by molar-refractivity contribution is 0.102. The number of carbonyl (C=O) groups excluding carboxylic acids is 1. The molecule has 1 aliphatic rings. The van der Waals surface area contributed by atoms with Gasteiger partial charge in [-0.1, -0.05) is 17.7 Å². The van der Waals surface area contributed by atoms with Gasteiger partial charge in [-0.15, -0.1) is 11.3 Å². The van der Waals surface area contributed by atoms with E-state index in [0.29, 0.717) is 53.2 Å². The number of aryl methyl sites for hydroxylation is 1. The van der Waals surface area contributed by atoms with Gasteiger partial charge >= 0.3 is 0 Å². The first-order chi connectivity index (χ1) is 17.2. The van der Waals surface area contributed by atoms with Crippen LogP contribution in [0.4, 0.5) is 5.69 Å². The molecule has 2 aromatic carbocycles. The highest BCUT2D eigenvalue weighted by atomic mass is 35.5. The number of aromatic nitrogens is 2. The first kappa shape index (κ1) is 24.6. The number of hydrogen-bond donors (Lipinski definition) is 2. The molecule has 0 bridgehead atoms. The van der Waals surface area contributed by atoms with Gasteiger partial charge in [0.2, 0.25) is 10.0 Å². The van der Waals surface area contributed by atoms with Gasteiger partial charge in [0.1, 0.15) is 17.0 Å². The molecule has 186 valence electrons. The van der Waals surface area contributed by atoms with Crippen LogP contribution in [0.1, 0.15) is 39.8 Å².